The second kappa shape index (κ2) is 6.51. The molecule has 19 heavy (non-hydrogen) atoms. The van der Waals surface area contributed by atoms with E-state index in [-0.39, 0.29) is 6.04 Å². The van der Waals surface area contributed by atoms with Crippen molar-refractivity contribution in [3.63, 3.8) is 0 Å². The molecule has 0 spiro atoms. The first-order chi connectivity index (χ1) is 9.10. The maximum Gasteiger partial charge on any atom is 0.0422 e. The van der Waals surface area contributed by atoms with Gasteiger partial charge in [-0.3, -0.25) is 4.98 Å². The maximum absolute atomic E-state index is 5.98. The Bertz CT molecular complexity index is 555. The summed E-state index contributed by atoms with van der Waals surface area (Å²) in [6, 6.07) is 10.2. The molecule has 100 valence electrons. The molecule has 4 heteroatoms. The molecule has 1 aromatic heterocycles. The van der Waals surface area contributed by atoms with Crippen molar-refractivity contribution >= 4 is 27.5 Å². The SMILES string of the molecule is CNC(Cc1ccc(C)cn1)c1ccc(Cl)cc1Br. The van der Waals surface area contributed by atoms with E-state index in [9.17, 15) is 0 Å². The van der Waals surface area contributed by atoms with E-state index in [1.165, 1.54) is 11.1 Å². The number of nitrogens with one attached hydrogen (secondary N) is 1. The largest absolute Gasteiger partial charge is 0.313 e. The monoisotopic (exact) mass is 338 g/mol. The molecule has 2 nitrogen and oxygen atoms in total. The fourth-order valence-electron chi connectivity index (χ4n) is 1.98. The van der Waals surface area contributed by atoms with Gasteiger partial charge in [-0.25, -0.2) is 0 Å². The Labute approximate surface area is 127 Å². The van der Waals surface area contributed by atoms with Crippen LogP contribution >= 0.6 is 27.5 Å². The Kier molecular flexibility index (Phi) is 4.97. The van der Waals surface area contributed by atoms with Gasteiger partial charge in [0.25, 0.3) is 0 Å². The molecule has 1 N–H and O–H groups in total. The summed E-state index contributed by atoms with van der Waals surface area (Å²) < 4.78 is 1.02. The molecular formula is C15H16BrClN2. The van der Waals surface area contributed by atoms with E-state index < -0.39 is 0 Å². The minimum atomic E-state index is 0.210. The number of likely N-dealkylation sites (N-methyl/N-ethyl adjacent to an activating group) is 1. The molecule has 0 radical (unpaired) electrons. The minimum absolute atomic E-state index is 0.210. The van der Waals surface area contributed by atoms with Crippen LogP contribution in [0.5, 0.6) is 0 Å². The van der Waals surface area contributed by atoms with Gasteiger partial charge in [0.15, 0.2) is 0 Å². The number of aryl methyl sites for hydroxylation is 1. The lowest BCUT2D eigenvalue weighted by Crippen LogP contribution is -2.19. The summed E-state index contributed by atoms with van der Waals surface area (Å²) in [5.41, 5.74) is 3.44. The molecular weight excluding hydrogens is 324 g/mol. The van der Waals surface area contributed by atoms with Crippen LogP contribution in [0, 0.1) is 6.92 Å². The van der Waals surface area contributed by atoms with Crippen LogP contribution in [0.15, 0.2) is 41.0 Å². The van der Waals surface area contributed by atoms with Crippen molar-refractivity contribution in [1.29, 1.82) is 0 Å². The van der Waals surface area contributed by atoms with E-state index >= 15 is 0 Å². The van der Waals surface area contributed by atoms with Crippen molar-refractivity contribution < 1.29 is 0 Å². The zero-order chi connectivity index (χ0) is 13.8. The molecule has 1 unspecified atom stereocenters. The van der Waals surface area contributed by atoms with Crippen molar-refractivity contribution in [1.82, 2.24) is 10.3 Å². The van der Waals surface area contributed by atoms with Crippen LogP contribution in [-0.2, 0) is 6.42 Å². The van der Waals surface area contributed by atoms with Gasteiger partial charge < -0.3 is 5.32 Å². The number of nitrogens with zero attached hydrogens (tertiary/aromatic N) is 1. The van der Waals surface area contributed by atoms with Crippen molar-refractivity contribution in [2.75, 3.05) is 7.05 Å². The molecule has 2 rings (SSSR count). The molecule has 1 heterocycles. The third kappa shape index (κ3) is 3.78. The lowest BCUT2D eigenvalue weighted by atomic mass is 10.0. The van der Waals surface area contributed by atoms with Crippen LogP contribution in [-0.4, -0.2) is 12.0 Å². The molecule has 0 saturated heterocycles. The Balaban J connectivity index is 2.22. The van der Waals surface area contributed by atoms with Crippen LogP contribution < -0.4 is 5.32 Å². The average molecular weight is 340 g/mol. The Morgan fingerprint density at radius 1 is 1.32 bits per heavy atom. The van der Waals surface area contributed by atoms with Gasteiger partial charge in [0.2, 0.25) is 0 Å². The number of hydrogen-bond acceptors (Lipinski definition) is 2. The van der Waals surface area contributed by atoms with Gasteiger partial charge in [0.05, 0.1) is 0 Å². The van der Waals surface area contributed by atoms with Crippen molar-refractivity contribution in [3.05, 3.63) is 62.8 Å². The second-order valence-electron chi connectivity index (χ2n) is 4.54. The fourth-order valence-corrected chi connectivity index (χ4v) is 2.94. The average Bonchev–Trinajstić information content (AvgIpc) is 2.39. The van der Waals surface area contributed by atoms with E-state index in [0.29, 0.717) is 0 Å². The number of benzene rings is 1. The minimum Gasteiger partial charge on any atom is -0.313 e. The van der Waals surface area contributed by atoms with Crippen LogP contribution in [0.25, 0.3) is 0 Å². The normalized spacial score (nSPS) is 12.4. The number of aromatic nitrogens is 1. The van der Waals surface area contributed by atoms with Gasteiger partial charge in [-0.05, 0) is 43.3 Å². The summed E-state index contributed by atoms with van der Waals surface area (Å²) in [6.45, 7) is 2.04. The molecule has 0 saturated carbocycles. The highest BCUT2D eigenvalue weighted by Gasteiger charge is 2.14. The van der Waals surface area contributed by atoms with Crippen molar-refractivity contribution in [2.45, 2.75) is 19.4 Å². The summed E-state index contributed by atoms with van der Waals surface area (Å²) in [7, 11) is 1.96. The lowest BCUT2D eigenvalue weighted by molar-refractivity contribution is 0.582. The zero-order valence-corrected chi connectivity index (χ0v) is 13.3. The zero-order valence-electron chi connectivity index (χ0n) is 11.0. The highest BCUT2D eigenvalue weighted by molar-refractivity contribution is 9.10. The third-order valence-corrected chi connectivity index (χ3v) is 3.99. The maximum atomic E-state index is 5.98. The first kappa shape index (κ1) is 14.5. The predicted octanol–water partition coefficient (Wildman–Crippen LogP) is 4.31. The van der Waals surface area contributed by atoms with Gasteiger partial charge in [0, 0.05) is 33.8 Å². The number of halogens is 2. The van der Waals surface area contributed by atoms with Gasteiger partial charge in [-0.1, -0.05) is 39.7 Å². The molecule has 1 atom stereocenters. The topological polar surface area (TPSA) is 24.9 Å². The van der Waals surface area contributed by atoms with Crippen LogP contribution in [0.3, 0.4) is 0 Å². The Morgan fingerprint density at radius 2 is 2.11 bits per heavy atom. The number of hydrogen-bond donors (Lipinski definition) is 1. The summed E-state index contributed by atoms with van der Waals surface area (Å²) >= 11 is 9.55. The summed E-state index contributed by atoms with van der Waals surface area (Å²) in [5.74, 6) is 0. The smallest absolute Gasteiger partial charge is 0.0422 e. The van der Waals surface area contributed by atoms with E-state index in [2.05, 4.69) is 38.4 Å². The van der Waals surface area contributed by atoms with E-state index in [4.69, 9.17) is 11.6 Å². The fraction of sp³-hybridized carbons (Fsp3) is 0.267. The van der Waals surface area contributed by atoms with Crippen LogP contribution in [0.2, 0.25) is 5.02 Å². The predicted molar refractivity (Wildman–Crippen MR) is 83.6 cm³/mol. The van der Waals surface area contributed by atoms with E-state index in [1.54, 1.807) is 0 Å². The molecule has 0 fully saturated rings. The third-order valence-electron chi connectivity index (χ3n) is 3.07. The van der Waals surface area contributed by atoms with E-state index in [1.807, 2.05) is 38.4 Å². The van der Waals surface area contributed by atoms with Gasteiger partial charge in [0.1, 0.15) is 0 Å². The second-order valence-corrected chi connectivity index (χ2v) is 5.83. The number of rotatable bonds is 4. The van der Waals surface area contributed by atoms with Crippen LogP contribution in [0.1, 0.15) is 22.9 Å². The molecule has 1 aromatic carbocycles. The lowest BCUT2D eigenvalue weighted by Gasteiger charge is -2.18. The first-order valence-corrected chi connectivity index (χ1v) is 7.31. The highest BCUT2D eigenvalue weighted by atomic mass is 79.9. The van der Waals surface area contributed by atoms with Crippen molar-refractivity contribution in [2.24, 2.45) is 0 Å². The summed E-state index contributed by atoms with van der Waals surface area (Å²) in [4.78, 5) is 4.46. The van der Waals surface area contributed by atoms with Gasteiger partial charge >= 0.3 is 0 Å². The summed E-state index contributed by atoms with van der Waals surface area (Å²) in [6.07, 6.45) is 2.75. The summed E-state index contributed by atoms with van der Waals surface area (Å²) in [5, 5.41) is 4.06. The molecule has 0 bridgehead atoms. The molecule has 2 aromatic rings. The number of pyridine rings is 1. The Hall–Kier alpha value is -0.900. The molecule has 0 amide bonds. The van der Waals surface area contributed by atoms with Crippen LogP contribution in [0.4, 0.5) is 0 Å². The van der Waals surface area contributed by atoms with Crippen molar-refractivity contribution in [3.8, 4) is 0 Å². The standard InChI is InChI=1S/C15H16BrClN2/c1-10-3-5-12(19-9-10)8-15(18-2)13-6-4-11(17)7-14(13)16/h3-7,9,15,18H,8H2,1-2H3. The van der Waals surface area contributed by atoms with Gasteiger partial charge in [-0.15, -0.1) is 0 Å². The Morgan fingerprint density at radius 3 is 2.68 bits per heavy atom. The molecule has 0 aliphatic carbocycles. The highest BCUT2D eigenvalue weighted by Crippen LogP contribution is 2.28. The van der Waals surface area contributed by atoms with E-state index in [0.717, 1.165) is 21.6 Å². The quantitative estimate of drug-likeness (QED) is 0.898. The molecule has 0 aliphatic rings. The molecule has 0 aliphatic heterocycles. The van der Waals surface area contributed by atoms with Gasteiger partial charge in [-0.2, -0.15) is 0 Å². The first-order valence-electron chi connectivity index (χ1n) is 6.14.